The molecule has 0 bridgehead atoms. The zero-order valence-corrected chi connectivity index (χ0v) is 46.6. The molecule has 4 saturated heterocycles. The summed E-state index contributed by atoms with van der Waals surface area (Å²) in [5.74, 6) is -8.41. The van der Waals surface area contributed by atoms with E-state index >= 15 is 0 Å². The Labute approximate surface area is 447 Å². The molecule has 5 rings (SSSR count). The summed E-state index contributed by atoms with van der Waals surface area (Å²) < 4.78 is 17.3. The summed E-state index contributed by atoms with van der Waals surface area (Å²) in [7, 11) is 2.92. The number of benzene rings is 1. The minimum Gasteiger partial charge on any atom is -0.497 e. The predicted octanol–water partition coefficient (Wildman–Crippen LogP) is 2.46. The number of nitrogens with one attached hydrogen (secondary N) is 3. The van der Waals surface area contributed by atoms with Crippen molar-refractivity contribution in [3.05, 3.63) is 29.8 Å². The summed E-state index contributed by atoms with van der Waals surface area (Å²) in [5.41, 5.74) is -0.740. The quantitative estimate of drug-likeness (QED) is 0.154. The first-order chi connectivity index (χ1) is 35.8. The molecule has 4 aliphatic heterocycles. The molecule has 11 atom stereocenters. The van der Waals surface area contributed by atoms with Crippen molar-refractivity contribution in [1.29, 1.82) is 0 Å². The maximum Gasteiger partial charge on any atom is 0.329 e. The van der Waals surface area contributed by atoms with E-state index in [0.29, 0.717) is 30.6 Å². The highest BCUT2D eigenvalue weighted by molar-refractivity contribution is 6.35. The van der Waals surface area contributed by atoms with Crippen molar-refractivity contribution < 1.29 is 67.3 Å². The van der Waals surface area contributed by atoms with Gasteiger partial charge in [0.15, 0.2) is 6.10 Å². The average molecular weight is 1070 g/mol. The molecule has 422 valence electrons. The number of likely N-dealkylation sites (tertiary alicyclic amines) is 2. The maximum atomic E-state index is 15.0. The highest BCUT2D eigenvalue weighted by Crippen LogP contribution is 2.40. The van der Waals surface area contributed by atoms with E-state index in [2.05, 4.69) is 16.0 Å². The lowest BCUT2D eigenvalue weighted by molar-refractivity contribution is -0.162. The van der Waals surface area contributed by atoms with E-state index < -0.39 is 137 Å². The molecule has 21 heteroatoms. The molecule has 21 nitrogen and oxygen atoms in total. The second kappa shape index (κ2) is 26.3. The van der Waals surface area contributed by atoms with Gasteiger partial charge in [-0.3, -0.25) is 43.2 Å². The van der Waals surface area contributed by atoms with Gasteiger partial charge in [0, 0.05) is 40.0 Å². The van der Waals surface area contributed by atoms with E-state index in [1.165, 1.54) is 40.7 Å². The molecule has 4 N–H and O–H groups in total. The SMILES string of the molecule is CC[C@H](C)[C@@H]1NC(=O)[C@@H](NC(=O)[C@H](CC(C)C)N2CC[C@]3(CCCN3C(=O)C(C)=O)C2=O)[C@@H](C)OC(=O)[C@H](Cc2ccc(OC)cc2)N(C)C(=O)[C@@H]2CCCN2C(=O)[C@H](CC(C)C)NC(=O)[C@H](C(C)C)OC(=O)C[C@@H]1O. The van der Waals surface area contributed by atoms with Gasteiger partial charge in [0.05, 0.1) is 25.7 Å². The summed E-state index contributed by atoms with van der Waals surface area (Å²) in [6, 6.07) is -0.857. The van der Waals surface area contributed by atoms with E-state index in [9.17, 15) is 53.1 Å². The van der Waals surface area contributed by atoms with Crippen molar-refractivity contribution in [2.75, 3.05) is 33.8 Å². The number of aliphatic hydroxyl groups excluding tert-OH is 1. The van der Waals surface area contributed by atoms with Gasteiger partial charge in [-0.1, -0.05) is 73.9 Å². The molecule has 4 fully saturated rings. The third-order valence-corrected chi connectivity index (χ3v) is 15.5. The fourth-order valence-electron chi connectivity index (χ4n) is 11.0. The fraction of sp³-hybridized carbons (Fsp3) is 0.709. The Morgan fingerprint density at radius 1 is 0.868 bits per heavy atom. The van der Waals surface area contributed by atoms with E-state index in [1.807, 2.05) is 27.7 Å². The molecule has 0 radical (unpaired) electrons. The lowest BCUT2D eigenvalue weighted by atomic mass is 9.92. The van der Waals surface area contributed by atoms with Gasteiger partial charge in [-0.15, -0.1) is 0 Å². The average Bonchev–Trinajstić information content (AvgIpc) is 4.12. The van der Waals surface area contributed by atoms with E-state index in [-0.39, 0.29) is 70.0 Å². The number of cyclic esters (lactones) is 2. The molecule has 1 aromatic rings. The number of Topliss-reactive ketones (excluding diaryl/α,β-unsaturated/α-hetero) is 1. The number of ketones is 1. The van der Waals surface area contributed by atoms with Crippen LogP contribution in [0.4, 0.5) is 0 Å². The predicted molar refractivity (Wildman–Crippen MR) is 278 cm³/mol. The standard InChI is InChI=1S/C55H83N7O14/c1-13-33(8)44-42(64)29-43(65)76-46(32(6)7)49(68)56-38(26-30(2)3)51(70)60-23-14-16-39(60)52(71)59(11)41(28-36-17-19-37(74-12)20-18-36)53(72)75-35(10)45(48(67)57-44)58-47(66)40(27-31(4)5)61-25-22-55(54(61)73)21-15-24-62(55)50(69)34(9)63/h17-20,30-33,35,38-42,44-46,64H,13-16,21-29H2,1-12H3,(H,56,68)(H,57,67)(H,58,66)/t33-,35+,38-,39-,40-,41-,42-,44-,45-,46-,55+/m0/s1. The van der Waals surface area contributed by atoms with Crippen LogP contribution in [0.15, 0.2) is 24.3 Å². The number of rotatable bonds is 14. The Morgan fingerprint density at radius 3 is 2.13 bits per heavy atom. The van der Waals surface area contributed by atoms with Gasteiger partial charge in [0.25, 0.3) is 11.8 Å². The van der Waals surface area contributed by atoms with Crippen LogP contribution in [0.1, 0.15) is 133 Å². The molecule has 7 amide bonds. The number of methoxy groups -OCH3 is 1. The summed E-state index contributed by atoms with van der Waals surface area (Å²) in [6.07, 6.45) is -3.04. The minimum absolute atomic E-state index is 0.0558. The Hall–Kier alpha value is -6.12. The van der Waals surface area contributed by atoms with Crippen molar-refractivity contribution in [3.63, 3.8) is 0 Å². The number of fused-ring (bicyclic) bond motifs is 1. The second-order valence-corrected chi connectivity index (χ2v) is 22.4. The van der Waals surface area contributed by atoms with Crippen molar-refractivity contribution in [1.82, 2.24) is 35.6 Å². The summed E-state index contributed by atoms with van der Waals surface area (Å²) in [6.45, 7) is 17.2. The normalized spacial score (nSPS) is 28.5. The molecule has 0 aromatic heterocycles. The first-order valence-corrected chi connectivity index (χ1v) is 27.1. The molecule has 4 aliphatic rings. The van der Waals surface area contributed by atoms with Crippen LogP contribution in [-0.4, -0.2) is 178 Å². The van der Waals surface area contributed by atoms with Gasteiger partial charge >= 0.3 is 11.9 Å². The van der Waals surface area contributed by atoms with Crippen molar-refractivity contribution in [2.45, 2.75) is 194 Å². The molecular formula is C55H83N7O14. The number of hydrogen-bond donors (Lipinski definition) is 4. The number of ether oxygens (including phenoxy) is 3. The number of carbonyl (C=O) groups is 10. The van der Waals surface area contributed by atoms with Gasteiger partial charge in [-0.25, -0.2) is 4.79 Å². The van der Waals surface area contributed by atoms with Gasteiger partial charge in [-0.2, -0.15) is 0 Å². The number of esters is 2. The Morgan fingerprint density at radius 2 is 1.54 bits per heavy atom. The fourth-order valence-corrected chi connectivity index (χ4v) is 11.0. The zero-order valence-electron chi connectivity index (χ0n) is 46.6. The lowest BCUT2D eigenvalue weighted by Crippen LogP contribution is -2.62. The smallest absolute Gasteiger partial charge is 0.329 e. The van der Waals surface area contributed by atoms with Crippen molar-refractivity contribution in [3.8, 4) is 5.75 Å². The van der Waals surface area contributed by atoms with Gasteiger partial charge < -0.3 is 54.9 Å². The van der Waals surface area contributed by atoms with Gasteiger partial charge in [-0.05, 0) is 93.2 Å². The molecule has 0 saturated carbocycles. The third kappa shape index (κ3) is 14.1. The molecular weight excluding hydrogens is 983 g/mol. The molecule has 76 heavy (non-hydrogen) atoms. The molecule has 4 heterocycles. The van der Waals surface area contributed by atoms with Gasteiger partial charge in [0.2, 0.25) is 35.3 Å². The largest absolute Gasteiger partial charge is 0.497 e. The van der Waals surface area contributed by atoms with Crippen LogP contribution < -0.4 is 20.7 Å². The van der Waals surface area contributed by atoms with Crippen LogP contribution in [0.25, 0.3) is 0 Å². The van der Waals surface area contributed by atoms with Crippen LogP contribution >= 0.6 is 0 Å². The Kier molecular flexibility index (Phi) is 21.0. The summed E-state index contributed by atoms with van der Waals surface area (Å²) in [5, 5.41) is 20.2. The number of carbonyl (C=O) groups excluding carboxylic acids is 10. The van der Waals surface area contributed by atoms with Crippen LogP contribution in [-0.2, 0) is 63.8 Å². The Bertz CT molecular complexity index is 2310. The first kappa shape index (κ1) is 60.7. The van der Waals surface area contributed by atoms with Crippen LogP contribution in [0.5, 0.6) is 5.75 Å². The van der Waals surface area contributed by atoms with Crippen LogP contribution in [0.3, 0.4) is 0 Å². The maximum absolute atomic E-state index is 15.0. The highest BCUT2D eigenvalue weighted by Gasteiger charge is 2.57. The number of nitrogens with zero attached hydrogens (tertiary/aromatic N) is 4. The van der Waals surface area contributed by atoms with Crippen molar-refractivity contribution >= 4 is 59.1 Å². The van der Waals surface area contributed by atoms with Crippen molar-refractivity contribution in [2.24, 2.45) is 23.7 Å². The third-order valence-electron chi connectivity index (χ3n) is 15.5. The Balaban J connectivity index is 1.61. The molecule has 0 unspecified atom stereocenters. The number of likely N-dealkylation sites (N-methyl/N-ethyl adjacent to an activating group) is 1. The van der Waals surface area contributed by atoms with E-state index in [0.717, 1.165) is 6.92 Å². The van der Waals surface area contributed by atoms with E-state index in [4.69, 9.17) is 14.2 Å². The number of aliphatic hydroxyl groups is 1. The molecule has 1 aromatic carbocycles. The topological polar surface area (TPSA) is 268 Å². The summed E-state index contributed by atoms with van der Waals surface area (Å²) in [4.78, 5) is 147. The van der Waals surface area contributed by atoms with Gasteiger partial charge in [0.1, 0.15) is 47.6 Å². The molecule has 1 spiro atoms. The first-order valence-electron chi connectivity index (χ1n) is 27.1. The monoisotopic (exact) mass is 1070 g/mol. The van der Waals surface area contributed by atoms with E-state index in [1.54, 1.807) is 52.0 Å². The number of amides is 7. The zero-order chi connectivity index (χ0) is 56.5. The minimum atomic E-state index is -1.72. The van der Waals surface area contributed by atoms with Crippen LogP contribution in [0, 0.1) is 23.7 Å². The molecule has 0 aliphatic carbocycles. The lowest BCUT2D eigenvalue weighted by Gasteiger charge is -2.36. The second-order valence-electron chi connectivity index (χ2n) is 22.4. The van der Waals surface area contributed by atoms with Crippen LogP contribution in [0.2, 0.25) is 0 Å². The number of hydrogen-bond acceptors (Lipinski definition) is 14. The highest BCUT2D eigenvalue weighted by atomic mass is 16.6. The summed E-state index contributed by atoms with van der Waals surface area (Å²) >= 11 is 0.